The first-order chi connectivity index (χ1) is 43.8. The monoisotopic (exact) mass is 1740 g/mol. The van der Waals surface area contributed by atoms with Crippen LogP contribution in [0.2, 0.25) is 69.1 Å². The predicted molar refractivity (Wildman–Crippen MR) is 434 cm³/mol. The number of fused-ring (bicyclic) bond motifs is 4. The second-order valence-electron chi connectivity index (χ2n) is 35.7. The maximum Gasteiger partial charge on any atom is 0 e. The van der Waals surface area contributed by atoms with Crippen molar-refractivity contribution in [2.75, 3.05) is 13.2 Å². The van der Waals surface area contributed by atoms with Crippen molar-refractivity contribution in [3.8, 4) is 67.5 Å². The van der Waals surface area contributed by atoms with Crippen LogP contribution in [0.15, 0.2) is 133 Å². The maximum atomic E-state index is 16.4. The normalized spacial score (nSPS) is 12.8. The van der Waals surface area contributed by atoms with Gasteiger partial charge in [0.25, 0.3) is 0 Å². The molecule has 0 aliphatic rings. The zero-order valence-electron chi connectivity index (χ0n) is 64.3. The largest absolute Gasteiger partial charge is 0.358 e. The predicted octanol–water partition coefficient (Wildman–Crippen LogP) is 23.4. The molecule has 0 aliphatic carbocycles. The molecule has 10 aromatic carbocycles. The number of halogens is 2. The summed E-state index contributed by atoms with van der Waals surface area (Å²) in [7, 11) is 0. The van der Waals surface area contributed by atoms with Gasteiger partial charge in [0.1, 0.15) is 0 Å². The van der Waals surface area contributed by atoms with Gasteiger partial charge in [-0.1, -0.05) is 0 Å². The number of rotatable bonds is 18. The molecule has 0 heterocycles. The van der Waals surface area contributed by atoms with Crippen LogP contribution >= 0.6 is 0 Å². The molecule has 0 amide bonds. The number of phenols is 2. The first-order valence-corrected chi connectivity index (χ1v) is 63.9. The van der Waals surface area contributed by atoms with Crippen molar-refractivity contribution >= 4 is 114 Å². The summed E-state index contributed by atoms with van der Waals surface area (Å²) < 4.78 is 49.1. The number of hydrogen-bond donors (Lipinski definition) is 2. The van der Waals surface area contributed by atoms with Crippen molar-refractivity contribution in [2.24, 2.45) is 10.8 Å². The fraction of sp³-hybridized carbons (Fsp3) is 0.379. The fourth-order valence-electron chi connectivity index (χ4n) is 15.1. The molecule has 0 atom stereocenters. The quantitative estimate of drug-likeness (QED) is 0.0296. The molecule has 0 spiro atoms. The molecule has 0 radical (unpaired) electrons. The van der Waals surface area contributed by atoms with E-state index in [0.717, 1.165) is 89.3 Å². The second kappa shape index (κ2) is 29.2. The van der Waals surface area contributed by atoms with Gasteiger partial charge in [0.05, 0.1) is 0 Å². The Morgan fingerprint density at radius 1 is 0.357 bits per heavy atom. The van der Waals surface area contributed by atoms with Crippen LogP contribution in [0.25, 0.3) is 87.6 Å². The van der Waals surface area contributed by atoms with Crippen LogP contribution in [-0.2, 0) is 36.7 Å². The number of benzene rings is 10. The summed E-state index contributed by atoms with van der Waals surface area (Å²) in [4.78, 5) is 0. The van der Waals surface area contributed by atoms with Gasteiger partial charge in [-0.2, -0.15) is 0 Å². The van der Waals surface area contributed by atoms with Crippen LogP contribution in [0.5, 0.6) is 23.0 Å². The van der Waals surface area contributed by atoms with Crippen molar-refractivity contribution in [3.63, 3.8) is 0 Å². The van der Waals surface area contributed by atoms with Gasteiger partial charge in [0.15, 0.2) is 0 Å². The molecule has 0 aliphatic heterocycles. The van der Waals surface area contributed by atoms with Crippen LogP contribution in [0.3, 0.4) is 0 Å². The fourth-order valence-corrected chi connectivity index (χ4v) is 24.9. The minimum atomic E-state index is -2.39. The van der Waals surface area contributed by atoms with Crippen molar-refractivity contribution < 1.29 is 54.3 Å². The third kappa shape index (κ3) is 17.3. The molecule has 10 rings (SSSR count). The van der Waals surface area contributed by atoms with Gasteiger partial charge >= 0.3 is 583 Å². The summed E-state index contributed by atoms with van der Waals surface area (Å²) in [5.41, 5.74) is 8.39. The molecule has 0 fully saturated rings. The Balaban J connectivity index is 0.00000451. The summed E-state index contributed by atoms with van der Waals surface area (Å²) in [5.74, 6) is 29.8. The Bertz CT molecular complexity index is 4220. The van der Waals surface area contributed by atoms with Crippen LogP contribution < -0.4 is 17.6 Å². The van der Waals surface area contributed by atoms with E-state index in [0.29, 0.717) is 64.5 Å². The zero-order valence-corrected chi connectivity index (χ0v) is 76.3. The van der Waals surface area contributed by atoms with E-state index in [1.807, 2.05) is 13.8 Å². The second-order valence-corrected chi connectivity index (χ2v) is 78.3. The van der Waals surface area contributed by atoms with Crippen LogP contribution in [0.4, 0.5) is 8.78 Å². The van der Waals surface area contributed by atoms with Crippen LogP contribution in [0.1, 0.15) is 111 Å². The van der Waals surface area contributed by atoms with Gasteiger partial charge in [-0.05, 0) is 0 Å². The molecule has 0 saturated heterocycles. The Kier molecular flexibility index (Phi) is 24.1. The van der Waals surface area contributed by atoms with Gasteiger partial charge < -0.3 is 14.9 Å². The Morgan fingerprint density at radius 2 is 0.622 bits per heavy atom. The van der Waals surface area contributed by atoms with E-state index in [1.165, 1.54) is 17.6 Å². The molecule has 98 heavy (non-hydrogen) atoms. The standard InChI is InChI=1S/C85H106F2Ge4O4.2CH3.Hf/c1-52-36-60(86)44-72(70-40-58(84(9,10)50-82(3,4)5)42-74(78(70)92)76-66-46-62(88(13,14)15)30-26-54(66)38-55-27-31-63(47-67(55)76)89(16,17)18)80(52)94-34-25-35-95-81-53(2)37-61(87)45-73(81)71-41-59(85(11,12)51-83(6,7)8)43-75(79(71)93)77-68-48-64(90(19,20)21)32-28-56(68)39-57-29-33-65(49-69(57)77)91(22,23)24;;;/h26-33,36-49,92-93H,25,34-35,50-51H2,1-24H3;2*1H3;/q;2*-1;/p+2. The van der Waals surface area contributed by atoms with Crippen LogP contribution in [-0.4, -0.2) is 86.0 Å². The number of hydrogen-bond acceptors (Lipinski definition) is 2. The molecule has 4 N–H and O–H groups in total. The van der Waals surface area contributed by atoms with Gasteiger partial charge in [-0.3, -0.25) is 0 Å². The Labute approximate surface area is 618 Å². The van der Waals surface area contributed by atoms with Crippen molar-refractivity contribution in [1.29, 1.82) is 0 Å². The summed E-state index contributed by atoms with van der Waals surface area (Å²) in [6, 6.07) is 47.5. The zero-order chi connectivity index (χ0) is 69.8. The molecule has 4 nitrogen and oxygen atoms in total. The Morgan fingerprint density at radius 3 is 0.878 bits per heavy atom. The topological polar surface area (TPSA) is 66.1 Å². The van der Waals surface area contributed by atoms with Gasteiger partial charge in [0, 0.05) is 25.8 Å². The minimum absolute atomic E-state index is 0. The molecule has 0 unspecified atom stereocenters. The SMILES string of the molecule is Cc1cc(F)cc(-c2cc(C(C)(C)CC(C)(C)C)cc(-c3c4c[c]([Ge]([CH3])([CH3])[CH3])ccc4cc4cc[c]([Ge]([CH3])([CH3])[CH3])cc34)c2O)c1[OH+]CCC[OH+]c1c(C)cc(F)cc1-c1cc(C(C)(C)CC(C)(C)C)cc(-c2c3c[c]([Ge]([CH3])([CH3])[CH3])ccc3cc3cc[c]([Ge]([CH3])([CH3])[CH3])cc23)c1O.[CH3-].[CH3-].[Hf]. The Hall–Kier alpha value is -4.66. The molecule has 10 aromatic rings. The first-order valence-electron chi connectivity index (χ1n) is 34.5. The van der Waals surface area contributed by atoms with E-state index in [4.69, 9.17) is 9.47 Å². The van der Waals surface area contributed by atoms with Crippen molar-refractivity contribution in [3.05, 3.63) is 182 Å². The number of ether oxygens (including phenoxy) is 2. The first kappa shape index (κ1) is 80.7. The van der Waals surface area contributed by atoms with Gasteiger partial charge in [-0.25, -0.2) is 0 Å². The number of aromatic hydroxyl groups is 4. The van der Waals surface area contributed by atoms with Gasteiger partial charge in [-0.15, -0.1) is 0 Å². The minimum Gasteiger partial charge on any atom is -0.358 e. The number of aryl methyl sites for hydroxylation is 2. The summed E-state index contributed by atoms with van der Waals surface area (Å²) in [6.45, 7) is 27.3. The molecule has 11 heteroatoms. The smallest absolute Gasteiger partial charge is 0 e. The van der Waals surface area contributed by atoms with Crippen molar-refractivity contribution in [2.45, 2.75) is 182 Å². The summed E-state index contributed by atoms with van der Waals surface area (Å²) in [6.07, 6.45) is 2.25. The molecular weight excluding hydrogens is 1620 g/mol. The average molecular weight is 1730 g/mol. The summed E-state index contributed by atoms with van der Waals surface area (Å²) >= 11 is -9.56. The molecule has 0 bridgehead atoms. The average Bonchev–Trinajstić information content (AvgIpc) is 0.737. The van der Waals surface area contributed by atoms with E-state index in [2.05, 4.69) is 248 Å². The number of aliphatic hydroxyl groups is 2. The number of phenolic OH excluding ortho intramolecular Hbond substituents is 2. The molecule has 520 valence electrons. The van der Waals surface area contributed by atoms with Gasteiger partial charge in [0.2, 0.25) is 0 Å². The third-order valence-corrected chi connectivity index (χ3v) is 36.8. The molecule has 0 saturated carbocycles. The maximum absolute atomic E-state index is 16.4. The van der Waals surface area contributed by atoms with E-state index >= 15 is 8.78 Å². The summed E-state index contributed by atoms with van der Waals surface area (Å²) in [5, 5.41) is 35.7. The van der Waals surface area contributed by atoms with Crippen LogP contribution in [0, 0.1) is 51.2 Å². The van der Waals surface area contributed by atoms with E-state index in [9.17, 15) is 10.2 Å². The third-order valence-electron chi connectivity index (χ3n) is 19.6. The van der Waals surface area contributed by atoms with Crippen molar-refractivity contribution in [1.82, 2.24) is 0 Å². The molecule has 0 aromatic heterocycles. The van der Waals surface area contributed by atoms with E-state index < -0.39 is 64.7 Å². The van der Waals surface area contributed by atoms with E-state index in [-0.39, 0.29) is 73.9 Å². The van der Waals surface area contributed by atoms with E-state index in [1.54, 1.807) is 24.3 Å². The molecular formula is C87H114F2Ge4HfO4.